The SMILES string of the molecule is CCC1CCCC(n2cccc2C#N)C1. The Bertz CT molecular complexity index is 359. The maximum atomic E-state index is 8.99. The third-order valence-corrected chi connectivity index (χ3v) is 3.62. The first kappa shape index (κ1) is 10.3. The second-order valence-electron chi connectivity index (χ2n) is 4.51. The first-order valence-electron chi connectivity index (χ1n) is 5.92. The first-order valence-corrected chi connectivity index (χ1v) is 5.92. The van der Waals surface area contributed by atoms with Crippen LogP contribution >= 0.6 is 0 Å². The second kappa shape index (κ2) is 4.53. The molecule has 0 saturated heterocycles. The molecule has 1 aliphatic rings. The fourth-order valence-electron chi connectivity index (χ4n) is 2.69. The number of nitrogens with zero attached hydrogens (tertiary/aromatic N) is 2. The van der Waals surface area contributed by atoms with E-state index in [1.807, 2.05) is 12.1 Å². The molecule has 1 aromatic heterocycles. The molecule has 0 N–H and O–H groups in total. The molecule has 80 valence electrons. The van der Waals surface area contributed by atoms with E-state index in [0.717, 1.165) is 11.6 Å². The Morgan fingerprint density at radius 1 is 1.53 bits per heavy atom. The van der Waals surface area contributed by atoms with Gasteiger partial charge < -0.3 is 4.57 Å². The van der Waals surface area contributed by atoms with Gasteiger partial charge in [0.25, 0.3) is 0 Å². The van der Waals surface area contributed by atoms with E-state index in [4.69, 9.17) is 5.26 Å². The summed E-state index contributed by atoms with van der Waals surface area (Å²) in [7, 11) is 0. The van der Waals surface area contributed by atoms with Crippen molar-refractivity contribution in [3.63, 3.8) is 0 Å². The van der Waals surface area contributed by atoms with Gasteiger partial charge in [0.05, 0.1) is 0 Å². The summed E-state index contributed by atoms with van der Waals surface area (Å²) < 4.78 is 2.17. The van der Waals surface area contributed by atoms with Gasteiger partial charge in [0, 0.05) is 12.2 Å². The Labute approximate surface area is 91.5 Å². The van der Waals surface area contributed by atoms with Crippen LogP contribution in [-0.4, -0.2) is 4.57 Å². The van der Waals surface area contributed by atoms with Crippen molar-refractivity contribution in [1.82, 2.24) is 4.57 Å². The zero-order chi connectivity index (χ0) is 10.7. The second-order valence-corrected chi connectivity index (χ2v) is 4.51. The smallest absolute Gasteiger partial charge is 0.120 e. The highest BCUT2D eigenvalue weighted by Gasteiger charge is 2.22. The van der Waals surface area contributed by atoms with Crippen molar-refractivity contribution in [2.75, 3.05) is 0 Å². The molecule has 1 aromatic rings. The third kappa shape index (κ3) is 2.07. The molecule has 2 unspecified atom stereocenters. The predicted molar refractivity (Wildman–Crippen MR) is 60.4 cm³/mol. The molecule has 1 saturated carbocycles. The highest BCUT2D eigenvalue weighted by molar-refractivity contribution is 5.22. The maximum Gasteiger partial charge on any atom is 0.120 e. The normalized spacial score (nSPS) is 26.1. The minimum Gasteiger partial charge on any atom is -0.336 e. The number of rotatable bonds is 2. The predicted octanol–water partition coefficient (Wildman–Crippen LogP) is 3.50. The Balaban J connectivity index is 2.14. The van der Waals surface area contributed by atoms with Gasteiger partial charge in [-0.05, 0) is 30.9 Å². The lowest BCUT2D eigenvalue weighted by Gasteiger charge is -2.30. The van der Waals surface area contributed by atoms with Crippen molar-refractivity contribution < 1.29 is 0 Å². The highest BCUT2D eigenvalue weighted by atomic mass is 15.0. The van der Waals surface area contributed by atoms with Crippen molar-refractivity contribution in [2.45, 2.75) is 45.1 Å². The molecule has 2 rings (SSSR count). The van der Waals surface area contributed by atoms with E-state index in [-0.39, 0.29) is 0 Å². The van der Waals surface area contributed by atoms with Gasteiger partial charge in [-0.1, -0.05) is 26.2 Å². The van der Waals surface area contributed by atoms with Crippen molar-refractivity contribution in [3.05, 3.63) is 24.0 Å². The van der Waals surface area contributed by atoms with Gasteiger partial charge in [0.2, 0.25) is 0 Å². The van der Waals surface area contributed by atoms with Crippen LogP contribution in [0.4, 0.5) is 0 Å². The van der Waals surface area contributed by atoms with E-state index in [9.17, 15) is 0 Å². The van der Waals surface area contributed by atoms with Gasteiger partial charge >= 0.3 is 0 Å². The molecule has 0 spiro atoms. The molecular formula is C13H18N2. The van der Waals surface area contributed by atoms with Crippen LogP contribution in [0.25, 0.3) is 0 Å². The first-order chi connectivity index (χ1) is 7.35. The lowest BCUT2D eigenvalue weighted by atomic mass is 9.84. The van der Waals surface area contributed by atoms with Crippen LogP contribution in [0, 0.1) is 17.2 Å². The minimum atomic E-state index is 0.563. The van der Waals surface area contributed by atoms with Crippen LogP contribution in [0.15, 0.2) is 18.3 Å². The number of aromatic nitrogens is 1. The zero-order valence-electron chi connectivity index (χ0n) is 9.32. The summed E-state index contributed by atoms with van der Waals surface area (Å²) in [6.07, 6.45) is 8.50. The molecule has 0 amide bonds. The topological polar surface area (TPSA) is 28.7 Å². The van der Waals surface area contributed by atoms with Crippen LogP contribution in [-0.2, 0) is 0 Å². The van der Waals surface area contributed by atoms with Gasteiger partial charge in [-0.25, -0.2) is 0 Å². The van der Waals surface area contributed by atoms with E-state index < -0.39 is 0 Å². The van der Waals surface area contributed by atoms with Crippen LogP contribution in [0.1, 0.15) is 50.8 Å². The molecule has 2 heteroatoms. The Hall–Kier alpha value is -1.23. The summed E-state index contributed by atoms with van der Waals surface area (Å²) in [4.78, 5) is 0. The zero-order valence-corrected chi connectivity index (χ0v) is 9.32. The molecule has 2 nitrogen and oxygen atoms in total. The van der Waals surface area contributed by atoms with E-state index >= 15 is 0 Å². The van der Waals surface area contributed by atoms with Crippen LogP contribution in [0.5, 0.6) is 0 Å². The van der Waals surface area contributed by atoms with Crippen LogP contribution in [0.2, 0.25) is 0 Å². The molecule has 1 fully saturated rings. The fraction of sp³-hybridized carbons (Fsp3) is 0.615. The lowest BCUT2D eigenvalue weighted by molar-refractivity contribution is 0.261. The lowest BCUT2D eigenvalue weighted by Crippen LogP contribution is -2.19. The van der Waals surface area contributed by atoms with Gasteiger partial charge in [-0.15, -0.1) is 0 Å². The molecule has 1 aliphatic carbocycles. The highest BCUT2D eigenvalue weighted by Crippen LogP contribution is 2.34. The molecule has 0 aromatic carbocycles. The van der Waals surface area contributed by atoms with E-state index in [1.54, 1.807) is 0 Å². The monoisotopic (exact) mass is 202 g/mol. The Morgan fingerprint density at radius 3 is 3.13 bits per heavy atom. The summed E-state index contributed by atoms with van der Waals surface area (Å²) in [5.41, 5.74) is 0.816. The standard InChI is InChI=1S/C13H18N2/c1-2-11-5-3-6-12(9-11)15-8-4-7-13(15)10-14/h4,7-8,11-12H,2-3,5-6,9H2,1H3. The van der Waals surface area contributed by atoms with Gasteiger partial charge in [-0.2, -0.15) is 5.26 Å². The van der Waals surface area contributed by atoms with E-state index in [0.29, 0.717) is 6.04 Å². The largest absolute Gasteiger partial charge is 0.336 e. The molecule has 2 atom stereocenters. The van der Waals surface area contributed by atoms with Crippen molar-refractivity contribution in [2.24, 2.45) is 5.92 Å². The molecule has 15 heavy (non-hydrogen) atoms. The maximum absolute atomic E-state index is 8.99. The third-order valence-electron chi connectivity index (χ3n) is 3.62. The van der Waals surface area contributed by atoms with Crippen molar-refractivity contribution >= 4 is 0 Å². The van der Waals surface area contributed by atoms with Gasteiger partial charge in [0.1, 0.15) is 11.8 Å². The molecule has 0 radical (unpaired) electrons. The minimum absolute atomic E-state index is 0.563. The van der Waals surface area contributed by atoms with E-state index in [1.165, 1.54) is 32.1 Å². The summed E-state index contributed by atoms with van der Waals surface area (Å²) >= 11 is 0. The van der Waals surface area contributed by atoms with Crippen LogP contribution in [0.3, 0.4) is 0 Å². The Morgan fingerprint density at radius 2 is 2.40 bits per heavy atom. The number of hydrogen-bond donors (Lipinski definition) is 0. The summed E-state index contributed by atoms with van der Waals surface area (Å²) in [6.45, 7) is 2.27. The molecule has 0 aliphatic heterocycles. The quantitative estimate of drug-likeness (QED) is 0.721. The summed E-state index contributed by atoms with van der Waals surface area (Å²) in [5.74, 6) is 0.859. The Kier molecular flexibility index (Phi) is 3.11. The number of hydrogen-bond acceptors (Lipinski definition) is 1. The van der Waals surface area contributed by atoms with E-state index in [2.05, 4.69) is 23.8 Å². The van der Waals surface area contributed by atoms with Crippen LogP contribution < -0.4 is 0 Å². The molecule has 1 heterocycles. The number of nitriles is 1. The van der Waals surface area contributed by atoms with Crippen molar-refractivity contribution in [3.8, 4) is 6.07 Å². The van der Waals surface area contributed by atoms with Crippen molar-refractivity contribution in [1.29, 1.82) is 5.26 Å². The fourth-order valence-corrected chi connectivity index (χ4v) is 2.69. The average Bonchev–Trinajstić information content (AvgIpc) is 2.77. The van der Waals surface area contributed by atoms with Gasteiger partial charge in [0.15, 0.2) is 0 Å². The average molecular weight is 202 g/mol. The molecule has 0 bridgehead atoms. The molecular weight excluding hydrogens is 184 g/mol. The summed E-state index contributed by atoms with van der Waals surface area (Å²) in [5, 5.41) is 8.99. The van der Waals surface area contributed by atoms with Gasteiger partial charge in [-0.3, -0.25) is 0 Å². The summed E-state index contributed by atoms with van der Waals surface area (Å²) in [6, 6.07) is 6.72.